The molecule has 1 unspecified atom stereocenters. The van der Waals surface area contributed by atoms with Gasteiger partial charge in [0.1, 0.15) is 5.82 Å². The van der Waals surface area contributed by atoms with Gasteiger partial charge in [0.15, 0.2) is 5.79 Å². The Morgan fingerprint density at radius 2 is 1.95 bits per heavy atom. The Labute approximate surface area is 137 Å². The predicted molar refractivity (Wildman–Crippen MR) is 85.6 cm³/mol. The van der Waals surface area contributed by atoms with Gasteiger partial charge in [0.2, 0.25) is 0 Å². The highest BCUT2D eigenvalue weighted by molar-refractivity contribution is 9.09. The van der Waals surface area contributed by atoms with E-state index in [1.54, 1.807) is 6.07 Å². The van der Waals surface area contributed by atoms with Crippen LogP contribution < -0.4 is 0 Å². The predicted octanol–water partition coefficient (Wildman–Crippen LogP) is 4.06. The quantitative estimate of drug-likeness (QED) is 0.775. The summed E-state index contributed by atoms with van der Waals surface area (Å²) in [6.07, 6.45) is 0.974. The minimum absolute atomic E-state index is 0.0433. The lowest BCUT2D eigenvalue weighted by Gasteiger charge is -2.22. The van der Waals surface area contributed by atoms with Crippen LogP contribution in [0.15, 0.2) is 42.5 Å². The standard InChI is InChI=1S/C18H16BrFO2/c19-10-18(21)9-16-14-4-2-1-3-11(14)7-12-5-6-13(20)8-15(12)17(16)22-18/h1-6,8,16-17,21H,7,9-10H2/t16-,17-,18?/m1/s1. The van der Waals surface area contributed by atoms with E-state index in [4.69, 9.17) is 4.74 Å². The van der Waals surface area contributed by atoms with E-state index in [-0.39, 0.29) is 17.8 Å². The number of ether oxygens (including phenoxy) is 1. The Balaban J connectivity index is 1.91. The Bertz CT molecular complexity index is 733. The van der Waals surface area contributed by atoms with Crippen molar-refractivity contribution in [2.45, 2.75) is 30.7 Å². The summed E-state index contributed by atoms with van der Waals surface area (Å²) in [4.78, 5) is 0. The summed E-state index contributed by atoms with van der Waals surface area (Å²) in [5.41, 5.74) is 4.35. The van der Waals surface area contributed by atoms with Gasteiger partial charge in [0.05, 0.1) is 11.4 Å². The number of fused-ring (bicyclic) bond motifs is 5. The van der Waals surface area contributed by atoms with Crippen molar-refractivity contribution < 1.29 is 14.2 Å². The van der Waals surface area contributed by atoms with Crippen LogP contribution >= 0.6 is 15.9 Å². The van der Waals surface area contributed by atoms with Gasteiger partial charge in [0, 0.05) is 12.3 Å². The van der Waals surface area contributed by atoms with Crippen molar-refractivity contribution in [1.29, 1.82) is 0 Å². The van der Waals surface area contributed by atoms with E-state index < -0.39 is 5.79 Å². The molecule has 0 saturated carbocycles. The first-order valence-electron chi connectivity index (χ1n) is 7.42. The average Bonchev–Trinajstić information content (AvgIpc) is 2.82. The topological polar surface area (TPSA) is 29.5 Å². The molecule has 2 aromatic rings. The molecule has 1 aliphatic carbocycles. The van der Waals surface area contributed by atoms with E-state index in [2.05, 4.69) is 28.1 Å². The first-order valence-corrected chi connectivity index (χ1v) is 8.54. The molecule has 4 rings (SSSR count). The average molecular weight is 363 g/mol. The van der Waals surface area contributed by atoms with Gasteiger partial charge in [-0.15, -0.1) is 0 Å². The van der Waals surface area contributed by atoms with Crippen LogP contribution in [-0.2, 0) is 11.2 Å². The van der Waals surface area contributed by atoms with Crippen molar-refractivity contribution in [2.24, 2.45) is 0 Å². The molecule has 2 aromatic carbocycles. The maximum Gasteiger partial charge on any atom is 0.176 e. The highest BCUT2D eigenvalue weighted by atomic mass is 79.9. The third-order valence-corrected chi connectivity index (χ3v) is 5.59. The molecule has 4 heteroatoms. The van der Waals surface area contributed by atoms with Gasteiger partial charge >= 0.3 is 0 Å². The van der Waals surface area contributed by atoms with Crippen LogP contribution in [0.1, 0.15) is 40.7 Å². The van der Waals surface area contributed by atoms with Gasteiger partial charge in [-0.2, -0.15) is 0 Å². The summed E-state index contributed by atoms with van der Waals surface area (Å²) in [6.45, 7) is 0. The summed E-state index contributed by atoms with van der Waals surface area (Å²) < 4.78 is 19.7. The van der Waals surface area contributed by atoms with Crippen LogP contribution in [0.3, 0.4) is 0 Å². The first-order chi connectivity index (χ1) is 10.6. The fourth-order valence-electron chi connectivity index (χ4n) is 3.71. The normalized spacial score (nSPS) is 29.4. The molecule has 0 spiro atoms. The van der Waals surface area contributed by atoms with E-state index in [0.717, 1.165) is 17.5 Å². The van der Waals surface area contributed by atoms with E-state index in [0.29, 0.717) is 11.8 Å². The second kappa shape index (κ2) is 5.15. The Hall–Kier alpha value is -1.23. The van der Waals surface area contributed by atoms with E-state index in [9.17, 15) is 9.50 Å². The highest BCUT2D eigenvalue weighted by Crippen LogP contribution is 2.52. The number of halogens is 2. The molecule has 1 N–H and O–H groups in total. The summed E-state index contributed by atoms with van der Waals surface area (Å²) in [5.74, 6) is -1.42. The van der Waals surface area contributed by atoms with E-state index in [1.807, 2.05) is 18.2 Å². The number of hydrogen-bond donors (Lipinski definition) is 1. The molecule has 2 nitrogen and oxygen atoms in total. The smallest absolute Gasteiger partial charge is 0.176 e. The van der Waals surface area contributed by atoms with Gasteiger partial charge in [-0.3, -0.25) is 0 Å². The molecule has 0 bridgehead atoms. The molecule has 0 aromatic heterocycles. The molecule has 1 fully saturated rings. The minimum atomic E-state index is -1.20. The minimum Gasteiger partial charge on any atom is -0.365 e. The molecular weight excluding hydrogens is 347 g/mol. The van der Waals surface area contributed by atoms with Gasteiger partial charge < -0.3 is 9.84 Å². The highest BCUT2D eigenvalue weighted by Gasteiger charge is 2.48. The number of rotatable bonds is 1. The van der Waals surface area contributed by atoms with Crippen molar-refractivity contribution in [3.63, 3.8) is 0 Å². The third-order valence-electron chi connectivity index (χ3n) is 4.71. The van der Waals surface area contributed by atoms with Crippen LogP contribution in [0.2, 0.25) is 0 Å². The second-order valence-electron chi connectivity index (χ2n) is 6.15. The zero-order valence-corrected chi connectivity index (χ0v) is 13.5. The lowest BCUT2D eigenvalue weighted by molar-refractivity contribution is -0.175. The fourth-order valence-corrected chi connectivity index (χ4v) is 4.07. The maximum atomic E-state index is 13.8. The first kappa shape index (κ1) is 14.4. The SMILES string of the molecule is OC1(CBr)C[C@@H]2c3ccccc3Cc3ccc(F)cc3[C@H]2O1. The molecule has 0 radical (unpaired) electrons. The van der Waals surface area contributed by atoms with Crippen LogP contribution in [0.5, 0.6) is 0 Å². The van der Waals surface area contributed by atoms with Crippen molar-refractivity contribution in [1.82, 2.24) is 0 Å². The lowest BCUT2D eigenvalue weighted by atomic mass is 9.87. The van der Waals surface area contributed by atoms with Crippen molar-refractivity contribution in [3.05, 3.63) is 70.5 Å². The third kappa shape index (κ3) is 2.21. The van der Waals surface area contributed by atoms with Crippen molar-refractivity contribution in [2.75, 3.05) is 5.33 Å². The Kier molecular flexibility index (Phi) is 3.36. The monoisotopic (exact) mass is 362 g/mol. The van der Waals surface area contributed by atoms with Gasteiger partial charge in [-0.1, -0.05) is 46.3 Å². The number of hydrogen-bond acceptors (Lipinski definition) is 2. The van der Waals surface area contributed by atoms with Crippen LogP contribution in [0, 0.1) is 5.82 Å². The second-order valence-corrected chi connectivity index (χ2v) is 6.71. The zero-order chi connectivity index (χ0) is 15.3. The van der Waals surface area contributed by atoms with Crippen molar-refractivity contribution >= 4 is 15.9 Å². The van der Waals surface area contributed by atoms with Crippen molar-refractivity contribution in [3.8, 4) is 0 Å². The number of aliphatic hydroxyl groups is 1. The van der Waals surface area contributed by atoms with Crippen LogP contribution in [0.4, 0.5) is 4.39 Å². The largest absolute Gasteiger partial charge is 0.365 e. The molecule has 1 aliphatic heterocycles. The maximum absolute atomic E-state index is 13.8. The van der Waals surface area contributed by atoms with Crippen LogP contribution in [0.25, 0.3) is 0 Å². The molecule has 22 heavy (non-hydrogen) atoms. The Morgan fingerprint density at radius 1 is 1.18 bits per heavy atom. The lowest BCUT2D eigenvalue weighted by Crippen LogP contribution is -2.29. The number of benzene rings is 2. The van der Waals surface area contributed by atoms with Gasteiger partial charge in [-0.05, 0) is 40.8 Å². The fraction of sp³-hybridized carbons (Fsp3) is 0.333. The zero-order valence-electron chi connectivity index (χ0n) is 11.9. The number of alkyl halides is 1. The molecule has 1 heterocycles. The van der Waals surface area contributed by atoms with Crippen LogP contribution in [-0.4, -0.2) is 16.2 Å². The van der Waals surface area contributed by atoms with Gasteiger partial charge in [0.25, 0.3) is 0 Å². The molecule has 114 valence electrons. The summed E-state index contributed by atoms with van der Waals surface area (Å²) in [6, 6.07) is 13.1. The molecular formula is C18H16BrFO2. The Morgan fingerprint density at radius 3 is 2.77 bits per heavy atom. The molecule has 0 amide bonds. The molecule has 2 aliphatic rings. The van der Waals surface area contributed by atoms with Gasteiger partial charge in [-0.25, -0.2) is 4.39 Å². The van der Waals surface area contributed by atoms with E-state index in [1.165, 1.54) is 17.2 Å². The summed E-state index contributed by atoms with van der Waals surface area (Å²) in [7, 11) is 0. The summed E-state index contributed by atoms with van der Waals surface area (Å²) >= 11 is 3.33. The molecule has 3 atom stereocenters. The van der Waals surface area contributed by atoms with E-state index >= 15 is 0 Å². The summed E-state index contributed by atoms with van der Waals surface area (Å²) in [5, 5.41) is 10.9. The molecule has 1 saturated heterocycles.